The summed E-state index contributed by atoms with van der Waals surface area (Å²) in [5, 5.41) is 1.08. The van der Waals surface area contributed by atoms with Gasteiger partial charge in [0.2, 0.25) is 0 Å². The summed E-state index contributed by atoms with van der Waals surface area (Å²) in [5.41, 5.74) is 2.92. The number of H-pyrrole nitrogens is 1. The van der Waals surface area contributed by atoms with E-state index < -0.39 is 0 Å². The standard InChI is InChI=1S/C17H20N4O2/c1-10-7-21(8-11(2)23-10)17-16-15(18-9-19-17)13-5-4-12(22-3)6-14(13)20-16/h4-6,9-11,20H,7-8H2,1-3H3. The van der Waals surface area contributed by atoms with E-state index >= 15 is 0 Å². The third-order valence-electron chi connectivity index (χ3n) is 4.29. The highest BCUT2D eigenvalue weighted by atomic mass is 16.5. The summed E-state index contributed by atoms with van der Waals surface area (Å²) < 4.78 is 11.1. The fourth-order valence-corrected chi connectivity index (χ4v) is 3.38. The zero-order chi connectivity index (χ0) is 16.0. The van der Waals surface area contributed by atoms with Crippen LogP contribution in [-0.2, 0) is 4.74 Å². The zero-order valence-corrected chi connectivity index (χ0v) is 13.5. The van der Waals surface area contributed by atoms with Gasteiger partial charge in [-0.15, -0.1) is 0 Å². The number of morpholine rings is 1. The molecule has 3 heterocycles. The van der Waals surface area contributed by atoms with E-state index in [1.807, 2.05) is 18.2 Å². The van der Waals surface area contributed by atoms with E-state index in [9.17, 15) is 0 Å². The maximum atomic E-state index is 5.83. The number of methoxy groups -OCH3 is 1. The van der Waals surface area contributed by atoms with Gasteiger partial charge in [0.1, 0.15) is 23.1 Å². The summed E-state index contributed by atoms with van der Waals surface area (Å²) in [5.74, 6) is 1.76. The van der Waals surface area contributed by atoms with Crippen LogP contribution in [0.5, 0.6) is 5.75 Å². The Bertz CT molecular complexity index is 850. The van der Waals surface area contributed by atoms with Gasteiger partial charge in [0.25, 0.3) is 0 Å². The highest BCUT2D eigenvalue weighted by Crippen LogP contribution is 2.32. The van der Waals surface area contributed by atoms with Gasteiger partial charge in [0.15, 0.2) is 5.82 Å². The Kier molecular flexibility index (Phi) is 3.34. The predicted octanol–water partition coefficient (Wildman–Crippen LogP) is 2.73. The quantitative estimate of drug-likeness (QED) is 0.788. The topological polar surface area (TPSA) is 63.3 Å². The maximum Gasteiger partial charge on any atom is 0.156 e. The first-order valence-electron chi connectivity index (χ1n) is 7.86. The van der Waals surface area contributed by atoms with Gasteiger partial charge in [-0.05, 0) is 26.0 Å². The van der Waals surface area contributed by atoms with Crippen LogP contribution in [0.25, 0.3) is 21.9 Å². The Labute approximate surface area is 134 Å². The minimum atomic E-state index is 0.188. The molecular weight excluding hydrogens is 292 g/mol. The Morgan fingerprint density at radius 2 is 2.00 bits per heavy atom. The smallest absolute Gasteiger partial charge is 0.156 e. The van der Waals surface area contributed by atoms with Crippen molar-refractivity contribution in [2.24, 2.45) is 0 Å². The highest BCUT2D eigenvalue weighted by molar-refractivity contribution is 6.08. The summed E-state index contributed by atoms with van der Waals surface area (Å²) in [7, 11) is 1.67. The summed E-state index contributed by atoms with van der Waals surface area (Å²) in [6.45, 7) is 5.85. The Morgan fingerprint density at radius 1 is 1.22 bits per heavy atom. The van der Waals surface area contributed by atoms with Crippen LogP contribution in [0.15, 0.2) is 24.5 Å². The van der Waals surface area contributed by atoms with Gasteiger partial charge >= 0.3 is 0 Å². The number of benzene rings is 1. The number of anilines is 1. The number of ether oxygens (including phenoxy) is 2. The second-order valence-corrected chi connectivity index (χ2v) is 6.12. The van der Waals surface area contributed by atoms with E-state index in [-0.39, 0.29) is 12.2 Å². The molecular formula is C17H20N4O2. The van der Waals surface area contributed by atoms with Crippen molar-refractivity contribution in [1.29, 1.82) is 0 Å². The molecule has 1 saturated heterocycles. The Balaban J connectivity index is 1.87. The molecule has 0 amide bonds. The van der Waals surface area contributed by atoms with Gasteiger partial charge in [0, 0.05) is 24.5 Å². The number of hydrogen-bond acceptors (Lipinski definition) is 5. The van der Waals surface area contributed by atoms with Crippen LogP contribution in [0.1, 0.15) is 13.8 Å². The molecule has 0 radical (unpaired) electrons. The van der Waals surface area contributed by atoms with Gasteiger partial charge in [0.05, 0.1) is 24.8 Å². The predicted molar refractivity (Wildman–Crippen MR) is 90.2 cm³/mol. The van der Waals surface area contributed by atoms with E-state index in [2.05, 4.69) is 33.7 Å². The molecule has 1 aliphatic rings. The van der Waals surface area contributed by atoms with Crippen LogP contribution in [0.3, 0.4) is 0 Å². The first-order valence-corrected chi connectivity index (χ1v) is 7.86. The number of hydrogen-bond donors (Lipinski definition) is 1. The highest BCUT2D eigenvalue weighted by Gasteiger charge is 2.25. The third kappa shape index (κ3) is 2.39. The number of nitrogens with one attached hydrogen (secondary N) is 1. The van der Waals surface area contributed by atoms with E-state index in [4.69, 9.17) is 9.47 Å². The largest absolute Gasteiger partial charge is 0.497 e. The van der Waals surface area contributed by atoms with Gasteiger partial charge in [-0.1, -0.05) is 0 Å². The summed E-state index contributed by atoms with van der Waals surface area (Å²) in [4.78, 5) is 14.7. The molecule has 3 aromatic rings. The second-order valence-electron chi connectivity index (χ2n) is 6.12. The molecule has 23 heavy (non-hydrogen) atoms. The number of aromatic amines is 1. The molecule has 1 fully saturated rings. The first kappa shape index (κ1) is 14.3. The molecule has 0 bridgehead atoms. The molecule has 0 saturated carbocycles. The van der Waals surface area contributed by atoms with Crippen LogP contribution in [0.4, 0.5) is 5.82 Å². The molecule has 2 aromatic heterocycles. The van der Waals surface area contributed by atoms with Gasteiger partial charge in [-0.2, -0.15) is 0 Å². The van der Waals surface area contributed by atoms with Crippen molar-refractivity contribution in [3.8, 4) is 5.75 Å². The maximum absolute atomic E-state index is 5.83. The third-order valence-corrected chi connectivity index (χ3v) is 4.29. The normalized spacial score (nSPS) is 22.0. The fraction of sp³-hybridized carbons (Fsp3) is 0.412. The van der Waals surface area contributed by atoms with E-state index in [0.29, 0.717) is 0 Å². The first-order chi connectivity index (χ1) is 11.2. The fourth-order valence-electron chi connectivity index (χ4n) is 3.38. The molecule has 1 aromatic carbocycles. The van der Waals surface area contributed by atoms with Crippen LogP contribution in [0.2, 0.25) is 0 Å². The molecule has 2 unspecified atom stereocenters. The van der Waals surface area contributed by atoms with Gasteiger partial charge in [-0.3, -0.25) is 0 Å². The summed E-state index contributed by atoms with van der Waals surface area (Å²) >= 11 is 0. The van der Waals surface area contributed by atoms with Crippen molar-refractivity contribution in [3.05, 3.63) is 24.5 Å². The monoisotopic (exact) mass is 312 g/mol. The summed E-state index contributed by atoms with van der Waals surface area (Å²) in [6.07, 6.45) is 2.02. The zero-order valence-electron chi connectivity index (χ0n) is 13.5. The van der Waals surface area contributed by atoms with E-state index in [1.54, 1.807) is 13.4 Å². The van der Waals surface area contributed by atoms with Crippen molar-refractivity contribution in [1.82, 2.24) is 15.0 Å². The molecule has 0 aliphatic carbocycles. The van der Waals surface area contributed by atoms with Crippen molar-refractivity contribution < 1.29 is 9.47 Å². The number of aromatic nitrogens is 3. The lowest BCUT2D eigenvalue weighted by atomic mass is 10.2. The molecule has 6 nitrogen and oxygen atoms in total. The molecule has 120 valence electrons. The van der Waals surface area contributed by atoms with E-state index in [1.165, 1.54) is 0 Å². The van der Waals surface area contributed by atoms with Crippen molar-refractivity contribution >= 4 is 27.8 Å². The summed E-state index contributed by atoms with van der Waals surface area (Å²) in [6, 6.07) is 5.98. The van der Waals surface area contributed by atoms with E-state index in [0.717, 1.165) is 46.6 Å². The lowest BCUT2D eigenvalue weighted by Crippen LogP contribution is -2.46. The van der Waals surface area contributed by atoms with Crippen molar-refractivity contribution in [3.63, 3.8) is 0 Å². The number of rotatable bonds is 2. The number of fused-ring (bicyclic) bond motifs is 3. The minimum absolute atomic E-state index is 0.188. The molecule has 1 aliphatic heterocycles. The van der Waals surface area contributed by atoms with Crippen LogP contribution >= 0.6 is 0 Å². The average molecular weight is 312 g/mol. The SMILES string of the molecule is COc1ccc2c(c1)[nH]c1c(N3CC(C)OC(C)C3)ncnc12. The molecule has 4 rings (SSSR count). The lowest BCUT2D eigenvalue weighted by Gasteiger charge is -2.36. The van der Waals surface area contributed by atoms with Crippen LogP contribution in [0, 0.1) is 0 Å². The van der Waals surface area contributed by atoms with Crippen LogP contribution in [-0.4, -0.2) is 47.4 Å². The molecule has 6 heteroatoms. The Hall–Kier alpha value is -2.34. The minimum Gasteiger partial charge on any atom is -0.497 e. The van der Waals surface area contributed by atoms with Crippen LogP contribution < -0.4 is 9.64 Å². The number of nitrogens with zero attached hydrogens (tertiary/aromatic N) is 3. The van der Waals surface area contributed by atoms with Gasteiger partial charge < -0.3 is 19.4 Å². The lowest BCUT2D eigenvalue weighted by molar-refractivity contribution is -0.00537. The average Bonchev–Trinajstić information content (AvgIpc) is 2.91. The molecule has 2 atom stereocenters. The van der Waals surface area contributed by atoms with Gasteiger partial charge in [-0.25, -0.2) is 9.97 Å². The van der Waals surface area contributed by atoms with Crippen molar-refractivity contribution in [2.45, 2.75) is 26.1 Å². The second kappa shape index (κ2) is 5.38. The van der Waals surface area contributed by atoms with Crippen molar-refractivity contribution in [2.75, 3.05) is 25.1 Å². The Morgan fingerprint density at radius 3 is 2.74 bits per heavy atom. The molecule has 0 spiro atoms. The molecule has 1 N–H and O–H groups in total.